The van der Waals surface area contributed by atoms with Crippen LogP contribution >= 0.6 is 0 Å². The third kappa shape index (κ3) is 6.41. The second-order valence-electron chi connectivity index (χ2n) is 7.31. The lowest BCUT2D eigenvalue weighted by molar-refractivity contribution is -0.124. The number of rotatable bonds is 8. The first-order chi connectivity index (χ1) is 13.4. The molecule has 1 aliphatic carbocycles. The molecular weight excluding hydrogens is 358 g/mol. The van der Waals surface area contributed by atoms with Crippen molar-refractivity contribution in [1.82, 2.24) is 15.5 Å². The number of likely N-dealkylation sites (N-methyl/N-ethyl adjacent to an activating group) is 1. The van der Waals surface area contributed by atoms with E-state index in [9.17, 15) is 9.59 Å². The van der Waals surface area contributed by atoms with Crippen LogP contribution in [0.3, 0.4) is 0 Å². The molecule has 28 heavy (non-hydrogen) atoms. The number of nitrogens with one attached hydrogen (secondary N) is 2. The molecule has 7 heteroatoms. The van der Waals surface area contributed by atoms with E-state index in [-0.39, 0.29) is 11.9 Å². The summed E-state index contributed by atoms with van der Waals surface area (Å²) in [5.74, 6) is 1.05. The van der Waals surface area contributed by atoms with Crippen molar-refractivity contribution in [2.75, 3.05) is 20.8 Å². The van der Waals surface area contributed by atoms with Crippen molar-refractivity contribution in [1.29, 1.82) is 0 Å². The Morgan fingerprint density at radius 3 is 2.57 bits per heavy atom. The number of urea groups is 1. The first-order valence-corrected chi connectivity index (χ1v) is 10.1. The van der Waals surface area contributed by atoms with E-state index in [4.69, 9.17) is 9.47 Å². The maximum atomic E-state index is 12.4. The van der Waals surface area contributed by atoms with E-state index in [1.54, 1.807) is 14.0 Å². The summed E-state index contributed by atoms with van der Waals surface area (Å²) in [4.78, 5) is 26.4. The van der Waals surface area contributed by atoms with Crippen LogP contribution in [0.1, 0.15) is 51.5 Å². The highest BCUT2D eigenvalue weighted by molar-refractivity contribution is 5.96. The summed E-state index contributed by atoms with van der Waals surface area (Å²) >= 11 is 0. The minimum atomic E-state index is -0.449. The zero-order chi connectivity index (χ0) is 20.5. The number of amides is 3. The van der Waals surface area contributed by atoms with Gasteiger partial charge < -0.3 is 14.8 Å². The topological polar surface area (TPSA) is 79.9 Å². The molecule has 0 aromatic heterocycles. The van der Waals surface area contributed by atoms with Gasteiger partial charge in [0.2, 0.25) is 5.91 Å². The van der Waals surface area contributed by atoms with Gasteiger partial charge in [0.25, 0.3) is 0 Å². The molecule has 0 radical (unpaired) electrons. The van der Waals surface area contributed by atoms with E-state index in [1.165, 1.54) is 6.42 Å². The number of carbonyl (C=O) groups is 2. The molecule has 7 nitrogen and oxygen atoms in total. The number of hydrogen-bond acceptors (Lipinski definition) is 5. The van der Waals surface area contributed by atoms with Crippen molar-refractivity contribution in [2.45, 2.75) is 64.6 Å². The van der Waals surface area contributed by atoms with E-state index in [0.717, 1.165) is 31.2 Å². The lowest BCUT2D eigenvalue weighted by atomic mass is 9.96. The monoisotopic (exact) mass is 391 g/mol. The predicted molar refractivity (Wildman–Crippen MR) is 109 cm³/mol. The lowest BCUT2D eigenvalue weighted by Gasteiger charge is -2.25. The molecule has 1 atom stereocenters. The fourth-order valence-corrected chi connectivity index (χ4v) is 3.39. The molecule has 2 rings (SSSR count). The highest BCUT2D eigenvalue weighted by Gasteiger charge is 2.22. The van der Waals surface area contributed by atoms with Crippen LogP contribution in [0.2, 0.25) is 0 Å². The van der Waals surface area contributed by atoms with Crippen LogP contribution in [0.15, 0.2) is 18.2 Å². The van der Waals surface area contributed by atoms with Crippen LogP contribution in [-0.4, -0.2) is 49.7 Å². The van der Waals surface area contributed by atoms with Crippen molar-refractivity contribution in [3.8, 4) is 11.5 Å². The average molecular weight is 392 g/mol. The molecule has 0 heterocycles. The summed E-state index contributed by atoms with van der Waals surface area (Å²) in [6.07, 6.45) is 5.44. The maximum Gasteiger partial charge on any atom is 0.321 e. The third-order valence-electron chi connectivity index (χ3n) is 5.18. The van der Waals surface area contributed by atoms with Gasteiger partial charge in [0, 0.05) is 12.6 Å². The maximum absolute atomic E-state index is 12.4. The van der Waals surface area contributed by atoms with Gasteiger partial charge in [-0.1, -0.05) is 25.3 Å². The number of ether oxygens (including phenoxy) is 2. The molecule has 0 aliphatic heterocycles. The quantitative estimate of drug-likeness (QED) is 0.712. The van der Waals surface area contributed by atoms with Crippen LogP contribution in [0.25, 0.3) is 0 Å². The Labute approximate surface area is 167 Å². The minimum Gasteiger partial charge on any atom is -0.493 e. The second-order valence-corrected chi connectivity index (χ2v) is 7.31. The van der Waals surface area contributed by atoms with Gasteiger partial charge in [-0.2, -0.15) is 0 Å². The van der Waals surface area contributed by atoms with Gasteiger partial charge in [-0.05, 0) is 51.4 Å². The molecule has 0 saturated heterocycles. The molecule has 1 fully saturated rings. The normalized spacial score (nSPS) is 15.8. The van der Waals surface area contributed by atoms with Crippen molar-refractivity contribution < 1.29 is 19.1 Å². The summed E-state index contributed by atoms with van der Waals surface area (Å²) in [5.41, 5.74) is 0.995. The lowest BCUT2D eigenvalue weighted by Crippen LogP contribution is -2.50. The Balaban J connectivity index is 1.87. The van der Waals surface area contributed by atoms with E-state index in [0.29, 0.717) is 24.7 Å². The highest BCUT2D eigenvalue weighted by atomic mass is 16.5. The van der Waals surface area contributed by atoms with Crippen molar-refractivity contribution in [2.24, 2.45) is 0 Å². The summed E-state index contributed by atoms with van der Waals surface area (Å²) in [5, 5.41) is 5.37. The zero-order valence-electron chi connectivity index (χ0n) is 17.4. The molecule has 156 valence electrons. The molecule has 0 unspecified atom stereocenters. The van der Waals surface area contributed by atoms with Crippen molar-refractivity contribution in [3.05, 3.63) is 23.8 Å². The summed E-state index contributed by atoms with van der Waals surface area (Å²) in [7, 11) is 3.46. The van der Waals surface area contributed by atoms with Crippen LogP contribution in [0, 0.1) is 0 Å². The molecule has 1 aromatic carbocycles. The number of methoxy groups -OCH3 is 1. The van der Waals surface area contributed by atoms with Crippen molar-refractivity contribution in [3.63, 3.8) is 0 Å². The number of benzene rings is 1. The van der Waals surface area contributed by atoms with E-state index in [1.807, 2.05) is 37.1 Å². The fourth-order valence-electron chi connectivity index (χ4n) is 3.39. The molecule has 1 saturated carbocycles. The van der Waals surface area contributed by atoms with Crippen LogP contribution in [-0.2, 0) is 11.3 Å². The largest absolute Gasteiger partial charge is 0.493 e. The molecule has 3 amide bonds. The number of nitrogens with zero attached hydrogens (tertiary/aromatic N) is 1. The Kier molecular flexibility index (Phi) is 8.57. The third-order valence-corrected chi connectivity index (χ3v) is 5.18. The molecule has 1 aromatic rings. The Bertz CT molecular complexity index is 659. The van der Waals surface area contributed by atoms with Gasteiger partial charge in [-0.25, -0.2) is 4.79 Å². The van der Waals surface area contributed by atoms with Crippen LogP contribution < -0.4 is 20.1 Å². The first-order valence-electron chi connectivity index (χ1n) is 10.1. The Morgan fingerprint density at radius 2 is 1.93 bits per heavy atom. The predicted octanol–water partition coefficient (Wildman–Crippen LogP) is 3.07. The summed E-state index contributed by atoms with van der Waals surface area (Å²) in [6.45, 7) is 4.82. The standard InChI is InChI=1S/C21H33N3O4/c1-5-28-18-12-11-16(13-19(18)27-4)14-24(3)15(2)20(25)23-21(26)22-17-9-7-6-8-10-17/h11-13,15,17H,5-10,14H2,1-4H3,(H2,22,23,25,26)/t15-/m0/s1. The Hall–Kier alpha value is -2.28. The van der Waals surface area contributed by atoms with E-state index >= 15 is 0 Å². The smallest absolute Gasteiger partial charge is 0.321 e. The van der Waals surface area contributed by atoms with E-state index in [2.05, 4.69) is 10.6 Å². The Morgan fingerprint density at radius 1 is 1.21 bits per heavy atom. The van der Waals surface area contributed by atoms with Gasteiger partial charge in [0.1, 0.15) is 0 Å². The minimum absolute atomic E-state index is 0.172. The SMILES string of the molecule is CCOc1ccc(CN(C)[C@@H](C)C(=O)NC(=O)NC2CCCCC2)cc1OC. The zero-order valence-corrected chi connectivity index (χ0v) is 17.4. The fraction of sp³-hybridized carbons (Fsp3) is 0.619. The van der Waals surface area contributed by atoms with Gasteiger partial charge in [-0.15, -0.1) is 0 Å². The number of imide groups is 1. The average Bonchev–Trinajstić information content (AvgIpc) is 2.69. The van der Waals surface area contributed by atoms with Gasteiger partial charge >= 0.3 is 6.03 Å². The summed E-state index contributed by atoms with van der Waals surface area (Å²) in [6, 6.07) is 5.04. The second kappa shape index (κ2) is 10.9. The van der Waals surface area contributed by atoms with Gasteiger partial charge in [0.15, 0.2) is 11.5 Å². The van der Waals surface area contributed by atoms with Gasteiger partial charge in [0.05, 0.1) is 19.8 Å². The van der Waals surface area contributed by atoms with Crippen LogP contribution in [0.5, 0.6) is 11.5 Å². The molecule has 2 N–H and O–H groups in total. The molecule has 0 bridgehead atoms. The number of hydrogen-bond donors (Lipinski definition) is 2. The molecule has 1 aliphatic rings. The molecule has 0 spiro atoms. The number of carbonyl (C=O) groups excluding carboxylic acids is 2. The van der Waals surface area contributed by atoms with Crippen molar-refractivity contribution >= 4 is 11.9 Å². The van der Waals surface area contributed by atoms with Crippen LogP contribution in [0.4, 0.5) is 4.79 Å². The first kappa shape index (κ1) is 22.0. The van der Waals surface area contributed by atoms with E-state index < -0.39 is 12.1 Å². The highest BCUT2D eigenvalue weighted by Crippen LogP contribution is 2.28. The molecular formula is C21H33N3O4. The van der Waals surface area contributed by atoms with Gasteiger partial charge in [-0.3, -0.25) is 15.0 Å². The summed E-state index contributed by atoms with van der Waals surface area (Å²) < 4.78 is 10.9.